The van der Waals surface area contributed by atoms with Crippen molar-refractivity contribution in [2.45, 2.75) is 52.0 Å². The number of aryl methyl sites for hydroxylation is 2. The van der Waals surface area contributed by atoms with Crippen LogP contribution in [0.2, 0.25) is 0 Å². The van der Waals surface area contributed by atoms with E-state index in [0.29, 0.717) is 5.82 Å². The van der Waals surface area contributed by atoms with Gasteiger partial charge in [0.05, 0.1) is 5.69 Å². The van der Waals surface area contributed by atoms with Crippen LogP contribution in [0.25, 0.3) is 17.1 Å². The maximum Gasteiger partial charge on any atom is 0.291 e. The number of benzene rings is 2. The topological polar surface area (TPSA) is 59.8 Å². The second kappa shape index (κ2) is 7.97. The molecule has 1 fully saturated rings. The van der Waals surface area contributed by atoms with E-state index < -0.39 is 0 Å². The molecule has 3 aromatic rings. The minimum atomic E-state index is -0.187. The van der Waals surface area contributed by atoms with Gasteiger partial charge in [0.1, 0.15) is 0 Å². The molecule has 2 aromatic carbocycles. The quantitative estimate of drug-likeness (QED) is 0.725. The molecule has 0 spiro atoms. The summed E-state index contributed by atoms with van der Waals surface area (Å²) in [5, 5.41) is 7.73. The van der Waals surface area contributed by atoms with Crippen molar-refractivity contribution in [1.82, 2.24) is 20.1 Å². The van der Waals surface area contributed by atoms with E-state index in [1.165, 1.54) is 24.8 Å². The van der Waals surface area contributed by atoms with Crippen LogP contribution in [0.3, 0.4) is 0 Å². The van der Waals surface area contributed by atoms with Crippen LogP contribution in [0.1, 0.15) is 53.8 Å². The fourth-order valence-corrected chi connectivity index (χ4v) is 3.89. The Morgan fingerprint density at radius 2 is 1.79 bits per heavy atom. The van der Waals surface area contributed by atoms with E-state index in [1.54, 1.807) is 4.68 Å². The lowest BCUT2D eigenvalue weighted by atomic mass is 9.95. The van der Waals surface area contributed by atoms with Gasteiger partial charge in [-0.15, -0.1) is 5.10 Å². The van der Waals surface area contributed by atoms with E-state index in [9.17, 15) is 4.79 Å². The molecule has 1 amide bonds. The molecule has 5 nitrogen and oxygen atoms in total. The van der Waals surface area contributed by atoms with E-state index in [-0.39, 0.29) is 17.8 Å². The lowest BCUT2D eigenvalue weighted by Crippen LogP contribution is -2.36. The van der Waals surface area contributed by atoms with Crippen molar-refractivity contribution in [2.75, 3.05) is 0 Å². The van der Waals surface area contributed by atoms with E-state index in [0.717, 1.165) is 29.7 Å². The van der Waals surface area contributed by atoms with Crippen LogP contribution in [0.15, 0.2) is 48.5 Å². The largest absolute Gasteiger partial charge is 0.347 e. The standard InChI is InChI=1S/C23H26N4O/c1-16-13-14-20(17(2)15-16)27-22(18-9-5-3-6-10-18)25-21(26-27)23(28)24-19-11-7-4-8-12-19/h3,5-6,9-10,13-15,19H,4,7-8,11-12H2,1-2H3,(H,24,28). The average molecular weight is 374 g/mol. The van der Waals surface area contributed by atoms with Crippen molar-refractivity contribution in [3.63, 3.8) is 0 Å². The summed E-state index contributed by atoms with van der Waals surface area (Å²) in [6.45, 7) is 4.12. The third-order valence-corrected chi connectivity index (χ3v) is 5.36. The van der Waals surface area contributed by atoms with E-state index in [2.05, 4.69) is 41.4 Å². The Balaban J connectivity index is 1.73. The second-order valence-corrected chi connectivity index (χ2v) is 7.64. The first kappa shape index (κ1) is 18.4. The van der Waals surface area contributed by atoms with Crippen LogP contribution in [-0.2, 0) is 0 Å². The van der Waals surface area contributed by atoms with Crippen molar-refractivity contribution in [2.24, 2.45) is 0 Å². The summed E-state index contributed by atoms with van der Waals surface area (Å²) in [7, 11) is 0. The van der Waals surface area contributed by atoms with Gasteiger partial charge in [0.25, 0.3) is 5.91 Å². The summed E-state index contributed by atoms with van der Waals surface area (Å²) in [5.74, 6) is 0.721. The Hall–Kier alpha value is -2.95. The third-order valence-electron chi connectivity index (χ3n) is 5.36. The monoisotopic (exact) mass is 374 g/mol. The van der Waals surface area contributed by atoms with Gasteiger partial charge in [0.15, 0.2) is 5.82 Å². The van der Waals surface area contributed by atoms with Crippen LogP contribution in [0.4, 0.5) is 0 Å². The predicted molar refractivity (Wildman–Crippen MR) is 111 cm³/mol. The van der Waals surface area contributed by atoms with Crippen molar-refractivity contribution in [1.29, 1.82) is 0 Å². The van der Waals surface area contributed by atoms with Crippen LogP contribution in [0, 0.1) is 13.8 Å². The Morgan fingerprint density at radius 1 is 1.04 bits per heavy atom. The fraction of sp³-hybridized carbons (Fsp3) is 0.348. The van der Waals surface area contributed by atoms with Gasteiger partial charge in [0, 0.05) is 11.6 Å². The molecule has 1 saturated carbocycles. The highest BCUT2D eigenvalue weighted by molar-refractivity contribution is 5.91. The molecule has 1 N–H and O–H groups in total. The summed E-state index contributed by atoms with van der Waals surface area (Å²) < 4.78 is 1.79. The average Bonchev–Trinajstić information content (AvgIpc) is 3.15. The van der Waals surface area contributed by atoms with Crippen LogP contribution >= 0.6 is 0 Å². The lowest BCUT2D eigenvalue weighted by Gasteiger charge is -2.21. The highest BCUT2D eigenvalue weighted by atomic mass is 16.2. The van der Waals surface area contributed by atoms with Gasteiger partial charge in [-0.1, -0.05) is 67.3 Å². The number of amides is 1. The maximum absolute atomic E-state index is 12.8. The summed E-state index contributed by atoms with van der Waals surface area (Å²) in [5.41, 5.74) is 4.17. The molecular formula is C23H26N4O. The number of aromatic nitrogens is 3. The number of nitrogens with one attached hydrogen (secondary N) is 1. The van der Waals surface area contributed by atoms with Gasteiger partial charge >= 0.3 is 0 Å². The smallest absolute Gasteiger partial charge is 0.291 e. The van der Waals surface area contributed by atoms with Gasteiger partial charge < -0.3 is 5.32 Å². The molecule has 1 aliphatic carbocycles. The minimum Gasteiger partial charge on any atom is -0.347 e. The van der Waals surface area contributed by atoms with Crippen LogP contribution in [-0.4, -0.2) is 26.7 Å². The van der Waals surface area contributed by atoms with Gasteiger partial charge in [-0.3, -0.25) is 4.79 Å². The predicted octanol–water partition coefficient (Wildman–Crippen LogP) is 4.61. The summed E-state index contributed by atoms with van der Waals surface area (Å²) in [4.78, 5) is 17.5. The zero-order valence-corrected chi connectivity index (χ0v) is 16.5. The molecule has 1 aliphatic rings. The highest BCUT2D eigenvalue weighted by Crippen LogP contribution is 2.24. The Labute approximate surface area is 165 Å². The highest BCUT2D eigenvalue weighted by Gasteiger charge is 2.22. The number of nitrogens with zero attached hydrogens (tertiary/aromatic N) is 3. The van der Waals surface area contributed by atoms with Gasteiger partial charge in [-0.2, -0.15) is 0 Å². The van der Waals surface area contributed by atoms with E-state index in [1.807, 2.05) is 36.4 Å². The number of carbonyl (C=O) groups excluding carboxylic acids is 1. The van der Waals surface area contributed by atoms with Crippen molar-refractivity contribution in [3.05, 3.63) is 65.5 Å². The number of hydrogen-bond acceptors (Lipinski definition) is 3. The first-order valence-electron chi connectivity index (χ1n) is 10.0. The van der Waals surface area contributed by atoms with Crippen LogP contribution in [0.5, 0.6) is 0 Å². The van der Waals surface area contributed by atoms with Gasteiger partial charge in [-0.05, 0) is 38.3 Å². The second-order valence-electron chi connectivity index (χ2n) is 7.64. The van der Waals surface area contributed by atoms with Crippen molar-refractivity contribution in [3.8, 4) is 17.1 Å². The maximum atomic E-state index is 12.8. The fourth-order valence-electron chi connectivity index (χ4n) is 3.89. The molecular weight excluding hydrogens is 348 g/mol. The number of hydrogen-bond donors (Lipinski definition) is 1. The molecule has 1 aromatic heterocycles. The minimum absolute atomic E-state index is 0.187. The summed E-state index contributed by atoms with van der Waals surface area (Å²) >= 11 is 0. The first-order chi connectivity index (χ1) is 13.6. The first-order valence-corrected chi connectivity index (χ1v) is 10.0. The summed E-state index contributed by atoms with van der Waals surface area (Å²) in [6.07, 6.45) is 5.67. The Kier molecular flexibility index (Phi) is 5.24. The molecule has 28 heavy (non-hydrogen) atoms. The van der Waals surface area contributed by atoms with E-state index in [4.69, 9.17) is 0 Å². The van der Waals surface area contributed by atoms with Gasteiger partial charge in [-0.25, -0.2) is 9.67 Å². The zero-order chi connectivity index (χ0) is 19.5. The van der Waals surface area contributed by atoms with Crippen LogP contribution < -0.4 is 5.32 Å². The Morgan fingerprint density at radius 3 is 2.50 bits per heavy atom. The molecule has 0 bridgehead atoms. The molecule has 0 saturated heterocycles. The Bertz CT molecular complexity index is 972. The molecule has 5 heteroatoms. The SMILES string of the molecule is Cc1ccc(-n2nc(C(=O)NC3CCCCC3)nc2-c2ccccc2)c(C)c1. The number of rotatable bonds is 4. The molecule has 144 valence electrons. The van der Waals surface area contributed by atoms with Gasteiger partial charge in [0.2, 0.25) is 5.82 Å². The molecule has 0 radical (unpaired) electrons. The van der Waals surface area contributed by atoms with Crippen molar-refractivity contribution < 1.29 is 4.79 Å². The molecule has 0 unspecified atom stereocenters. The van der Waals surface area contributed by atoms with E-state index >= 15 is 0 Å². The zero-order valence-electron chi connectivity index (χ0n) is 16.5. The molecule has 0 aliphatic heterocycles. The van der Waals surface area contributed by atoms with Crippen molar-refractivity contribution >= 4 is 5.91 Å². The molecule has 1 heterocycles. The molecule has 0 atom stereocenters. The molecule has 4 rings (SSSR count). The normalized spacial score (nSPS) is 14.8. The summed E-state index contributed by atoms with van der Waals surface area (Å²) in [6, 6.07) is 16.3. The lowest BCUT2D eigenvalue weighted by molar-refractivity contribution is 0.0917. The number of carbonyl (C=O) groups is 1. The third kappa shape index (κ3) is 3.84.